The number of allylic oxidation sites excluding steroid dienone is 1. The minimum absolute atomic E-state index is 0.223. The summed E-state index contributed by atoms with van der Waals surface area (Å²) >= 11 is 1.27. The van der Waals surface area contributed by atoms with Crippen molar-refractivity contribution in [2.45, 2.75) is 26.9 Å². The number of hydrogen-bond acceptors (Lipinski definition) is 6. The lowest BCUT2D eigenvalue weighted by Crippen LogP contribution is -2.19. The molecule has 38 heavy (non-hydrogen) atoms. The van der Waals surface area contributed by atoms with Gasteiger partial charge in [-0.05, 0) is 97.8 Å². The number of amidine groups is 1. The Morgan fingerprint density at radius 1 is 1.00 bits per heavy atom. The number of thioether (sulfide) groups is 1. The third kappa shape index (κ3) is 7.04. The quantitative estimate of drug-likeness (QED) is 0.217. The molecule has 3 aromatic carbocycles. The predicted octanol–water partition coefficient (Wildman–Crippen LogP) is 6.82. The molecule has 6 nitrogen and oxygen atoms in total. The van der Waals surface area contributed by atoms with Crippen LogP contribution in [-0.2, 0) is 17.8 Å². The lowest BCUT2D eigenvalue weighted by Gasteiger charge is -2.17. The molecule has 1 fully saturated rings. The Kier molecular flexibility index (Phi) is 9.21. The molecule has 8 heteroatoms. The van der Waals surface area contributed by atoms with E-state index in [2.05, 4.69) is 16.9 Å². The molecule has 196 valence electrons. The maximum absolute atomic E-state index is 13.3. The van der Waals surface area contributed by atoms with Gasteiger partial charge < -0.3 is 19.5 Å². The number of carbonyl (C=O) groups excluding carboxylic acids is 1. The number of ether oxygens (including phenoxy) is 3. The van der Waals surface area contributed by atoms with Crippen LogP contribution in [0.4, 0.5) is 10.1 Å². The molecular formula is C30H29FN2O4S. The van der Waals surface area contributed by atoms with Crippen LogP contribution in [0.1, 0.15) is 30.5 Å². The van der Waals surface area contributed by atoms with E-state index in [9.17, 15) is 9.18 Å². The number of halogens is 1. The Morgan fingerprint density at radius 3 is 2.42 bits per heavy atom. The van der Waals surface area contributed by atoms with Gasteiger partial charge in [-0.25, -0.2) is 9.38 Å². The van der Waals surface area contributed by atoms with E-state index in [4.69, 9.17) is 14.2 Å². The van der Waals surface area contributed by atoms with E-state index in [1.807, 2.05) is 50.2 Å². The molecule has 0 spiro atoms. The number of amides is 1. The highest BCUT2D eigenvalue weighted by Gasteiger charge is 2.24. The summed E-state index contributed by atoms with van der Waals surface area (Å²) in [6.45, 7) is 8.98. The van der Waals surface area contributed by atoms with E-state index in [-0.39, 0.29) is 18.3 Å². The second-order valence-corrected chi connectivity index (χ2v) is 9.29. The lowest BCUT2D eigenvalue weighted by atomic mass is 10.0. The van der Waals surface area contributed by atoms with Gasteiger partial charge in [-0.1, -0.05) is 18.2 Å². The number of benzene rings is 3. The van der Waals surface area contributed by atoms with Gasteiger partial charge in [0.05, 0.1) is 23.8 Å². The highest BCUT2D eigenvalue weighted by Crippen LogP contribution is 2.37. The average Bonchev–Trinajstić information content (AvgIpc) is 3.24. The first-order valence-electron chi connectivity index (χ1n) is 12.3. The summed E-state index contributed by atoms with van der Waals surface area (Å²) in [6.07, 6.45) is 4.13. The summed E-state index contributed by atoms with van der Waals surface area (Å²) in [6, 6.07) is 17.3. The van der Waals surface area contributed by atoms with Crippen LogP contribution in [0.15, 0.2) is 83.2 Å². The summed E-state index contributed by atoms with van der Waals surface area (Å²) in [5.74, 6) is 1.41. The Labute approximate surface area is 226 Å². The number of hydrogen-bond donors (Lipinski definition) is 1. The number of nitrogens with one attached hydrogen (secondary N) is 1. The van der Waals surface area contributed by atoms with Gasteiger partial charge in [0.2, 0.25) is 0 Å². The maximum atomic E-state index is 13.3. The molecule has 0 atom stereocenters. The van der Waals surface area contributed by atoms with Gasteiger partial charge in [0.25, 0.3) is 5.91 Å². The van der Waals surface area contributed by atoms with Crippen molar-refractivity contribution >= 4 is 34.6 Å². The van der Waals surface area contributed by atoms with Crippen molar-refractivity contribution in [3.63, 3.8) is 0 Å². The first-order valence-corrected chi connectivity index (χ1v) is 13.1. The largest absolute Gasteiger partial charge is 0.494 e. The van der Waals surface area contributed by atoms with Crippen LogP contribution in [-0.4, -0.2) is 24.3 Å². The summed E-state index contributed by atoms with van der Waals surface area (Å²) in [5, 5.41) is 3.32. The smallest absolute Gasteiger partial charge is 0.264 e. The fourth-order valence-corrected chi connectivity index (χ4v) is 4.61. The van der Waals surface area contributed by atoms with Crippen LogP contribution in [0, 0.1) is 5.82 Å². The lowest BCUT2D eigenvalue weighted by molar-refractivity contribution is -0.115. The molecule has 1 amide bonds. The SMILES string of the molecule is C=CCc1cc(/C=C2/SC(=Nc3ccc(OCC)cc3)NC2=O)cc(OCC)c1OCc1ccc(F)cc1. The van der Waals surface area contributed by atoms with Crippen molar-refractivity contribution in [3.05, 3.63) is 101 Å². The predicted molar refractivity (Wildman–Crippen MR) is 151 cm³/mol. The van der Waals surface area contributed by atoms with Crippen molar-refractivity contribution in [3.8, 4) is 17.2 Å². The van der Waals surface area contributed by atoms with Gasteiger partial charge in [-0.2, -0.15) is 0 Å². The zero-order chi connectivity index (χ0) is 26.9. The Balaban J connectivity index is 1.58. The topological polar surface area (TPSA) is 69.2 Å². The summed E-state index contributed by atoms with van der Waals surface area (Å²) in [7, 11) is 0. The van der Waals surface area contributed by atoms with Crippen molar-refractivity contribution in [2.75, 3.05) is 13.2 Å². The van der Waals surface area contributed by atoms with E-state index in [1.165, 1.54) is 23.9 Å². The van der Waals surface area contributed by atoms with E-state index in [0.29, 0.717) is 46.9 Å². The Morgan fingerprint density at radius 2 is 1.74 bits per heavy atom. The van der Waals surface area contributed by atoms with Gasteiger partial charge in [0, 0.05) is 5.56 Å². The zero-order valence-corrected chi connectivity index (χ0v) is 22.1. The molecule has 0 aromatic heterocycles. The number of aliphatic imine (C=N–C) groups is 1. The molecule has 0 unspecified atom stereocenters. The molecule has 0 saturated carbocycles. The van der Waals surface area contributed by atoms with Crippen molar-refractivity contribution < 1.29 is 23.4 Å². The highest BCUT2D eigenvalue weighted by atomic mass is 32.2. The number of rotatable bonds is 11. The first kappa shape index (κ1) is 27.0. The highest BCUT2D eigenvalue weighted by molar-refractivity contribution is 8.18. The summed E-state index contributed by atoms with van der Waals surface area (Å²) in [5.41, 5.74) is 3.21. The minimum atomic E-state index is -0.296. The van der Waals surface area contributed by atoms with Crippen molar-refractivity contribution in [1.29, 1.82) is 0 Å². The maximum Gasteiger partial charge on any atom is 0.264 e. The molecule has 1 aliphatic rings. The average molecular weight is 533 g/mol. The molecule has 0 radical (unpaired) electrons. The van der Waals surface area contributed by atoms with Gasteiger partial charge >= 0.3 is 0 Å². The third-order valence-electron chi connectivity index (χ3n) is 5.44. The molecule has 0 aliphatic carbocycles. The van der Waals surface area contributed by atoms with Gasteiger partial charge in [-0.15, -0.1) is 6.58 Å². The molecule has 0 bridgehead atoms. The van der Waals surface area contributed by atoms with E-state index in [0.717, 1.165) is 22.4 Å². The minimum Gasteiger partial charge on any atom is -0.494 e. The van der Waals surface area contributed by atoms with E-state index >= 15 is 0 Å². The van der Waals surface area contributed by atoms with Gasteiger partial charge in [-0.3, -0.25) is 4.79 Å². The van der Waals surface area contributed by atoms with E-state index in [1.54, 1.807) is 24.3 Å². The Hall–Kier alpha value is -4.04. The monoisotopic (exact) mass is 532 g/mol. The molecule has 1 saturated heterocycles. The third-order valence-corrected chi connectivity index (χ3v) is 6.35. The molecule has 1 aliphatic heterocycles. The summed E-state index contributed by atoms with van der Waals surface area (Å²) < 4.78 is 30.8. The van der Waals surface area contributed by atoms with Crippen LogP contribution < -0.4 is 19.5 Å². The molecule has 4 rings (SSSR count). The fraction of sp³-hybridized carbons (Fsp3) is 0.200. The van der Waals surface area contributed by atoms with Crippen LogP contribution in [0.5, 0.6) is 17.2 Å². The van der Waals surface area contributed by atoms with Crippen LogP contribution >= 0.6 is 11.8 Å². The van der Waals surface area contributed by atoms with E-state index < -0.39 is 0 Å². The second-order valence-electron chi connectivity index (χ2n) is 8.26. The first-order chi connectivity index (χ1) is 18.5. The van der Waals surface area contributed by atoms with Crippen LogP contribution in [0.2, 0.25) is 0 Å². The van der Waals surface area contributed by atoms with Crippen molar-refractivity contribution in [1.82, 2.24) is 5.32 Å². The van der Waals surface area contributed by atoms with Crippen LogP contribution in [0.3, 0.4) is 0 Å². The molecule has 1 N–H and O–H groups in total. The fourth-order valence-electron chi connectivity index (χ4n) is 3.77. The zero-order valence-electron chi connectivity index (χ0n) is 21.3. The molecule has 1 heterocycles. The molecule has 3 aromatic rings. The number of carbonyl (C=O) groups is 1. The summed E-state index contributed by atoms with van der Waals surface area (Å²) in [4.78, 5) is 17.7. The molecular weight excluding hydrogens is 503 g/mol. The number of nitrogens with zero attached hydrogens (tertiary/aromatic N) is 1. The van der Waals surface area contributed by atoms with Crippen molar-refractivity contribution in [2.24, 2.45) is 4.99 Å². The normalized spacial score (nSPS) is 15.0. The standard InChI is InChI=1S/C30H29FN2O4S/c1-4-7-22-16-21(17-26(36-6-3)28(22)37-19-20-8-10-23(31)11-9-20)18-27-29(34)33-30(38-27)32-24-12-14-25(15-13-24)35-5-2/h4,8-18H,1,5-7,19H2,2-3H3,(H,32,33,34)/b27-18+. The second kappa shape index (κ2) is 13.0. The van der Waals surface area contributed by atoms with Gasteiger partial charge in [0.1, 0.15) is 18.2 Å². The Bertz CT molecular complexity index is 1350. The van der Waals surface area contributed by atoms with Gasteiger partial charge in [0.15, 0.2) is 16.7 Å². The van der Waals surface area contributed by atoms with Crippen LogP contribution in [0.25, 0.3) is 6.08 Å².